The van der Waals surface area contributed by atoms with Crippen molar-refractivity contribution in [2.24, 2.45) is 11.7 Å². The van der Waals surface area contributed by atoms with Gasteiger partial charge in [0.1, 0.15) is 0 Å². The Hall–Kier alpha value is -0.670. The summed E-state index contributed by atoms with van der Waals surface area (Å²) in [6.07, 6.45) is 3.80. The van der Waals surface area contributed by atoms with Crippen LogP contribution in [0.4, 0.5) is 0 Å². The van der Waals surface area contributed by atoms with E-state index in [1.807, 2.05) is 18.4 Å². The highest BCUT2D eigenvalue weighted by molar-refractivity contribution is 7.12. The quantitative estimate of drug-likeness (QED) is 0.741. The van der Waals surface area contributed by atoms with E-state index < -0.39 is 0 Å². The van der Waals surface area contributed by atoms with E-state index in [0.717, 1.165) is 36.2 Å². The van der Waals surface area contributed by atoms with Gasteiger partial charge in [0.05, 0.1) is 4.88 Å². The van der Waals surface area contributed by atoms with Crippen LogP contribution in [-0.4, -0.2) is 12.3 Å². The standard InChI is InChI=1S/C13H21NOS/c1-3-11(6-8-14)4-5-12(15)13-10(2)7-9-16-13/h7,9,11H,3-6,8,14H2,1-2H3. The molecular weight excluding hydrogens is 218 g/mol. The van der Waals surface area contributed by atoms with E-state index in [1.54, 1.807) is 11.3 Å². The Morgan fingerprint density at radius 1 is 1.50 bits per heavy atom. The lowest BCUT2D eigenvalue weighted by atomic mass is 9.95. The number of thiophene rings is 1. The highest BCUT2D eigenvalue weighted by Gasteiger charge is 2.13. The molecule has 0 radical (unpaired) electrons. The van der Waals surface area contributed by atoms with Crippen molar-refractivity contribution in [2.75, 3.05) is 6.54 Å². The molecule has 0 bridgehead atoms. The Bertz CT molecular complexity index is 332. The summed E-state index contributed by atoms with van der Waals surface area (Å²) in [7, 11) is 0. The van der Waals surface area contributed by atoms with Gasteiger partial charge < -0.3 is 5.73 Å². The second kappa shape index (κ2) is 6.81. The van der Waals surface area contributed by atoms with Gasteiger partial charge in [-0.25, -0.2) is 0 Å². The lowest BCUT2D eigenvalue weighted by molar-refractivity contribution is 0.0976. The van der Waals surface area contributed by atoms with Crippen LogP contribution in [0, 0.1) is 12.8 Å². The summed E-state index contributed by atoms with van der Waals surface area (Å²) in [5.74, 6) is 0.900. The van der Waals surface area contributed by atoms with Crippen molar-refractivity contribution in [1.29, 1.82) is 0 Å². The molecule has 0 aliphatic heterocycles. The molecule has 0 aliphatic rings. The van der Waals surface area contributed by atoms with Crippen molar-refractivity contribution < 1.29 is 4.79 Å². The largest absolute Gasteiger partial charge is 0.330 e. The molecule has 0 amide bonds. The maximum atomic E-state index is 11.9. The SMILES string of the molecule is CCC(CCN)CCC(=O)c1sccc1C. The van der Waals surface area contributed by atoms with Crippen LogP contribution in [0.1, 0.15) is 47.8 Å². The number of hydrogen-bond donors (Lipinski definition) is 1. The fraction of sp³-hybridized carbons (Fsp3) is 0.615. The van der Waals surface area contributed by atoms with E-state index in [4.69, 9.17) is 5.73 Å². The average molecular weight is 239 g/mol. The van der Waals surface area contributed by atoms with Gasteiger partial charge in [-0.3, -0.25) is 4.79 Å². The monoisotopic (exact) mass is 239 g/mol. The number of Topliss-reactive ketones (excluding diaryl/α,β-unsaturated/α-hetero) is 1. The number of nitrogens with two attached hydrogens (primary N) is 1. The molecular formula is C13H21NOS. The Morgan fingerprint density at radius 3 is 2.75 bits per heavy atom. The first-order valence-electron chi connectivity index (χ1n) is 5.96. The van der Waals surface area contributed by atoms with Crippen LogP contribution < -0.4 is 5.73 Å². The van der Waals surface area contributed by atoms with Gasteiger partial charge in [0.2, 0.25) is 0 Å². The topological polar surface area (TPSA) is 43.1 Å². The van der Waals surface area contributed by atoms with Crippen molar-refractivity contribution in [3.63, 3.8) is 0 Å². The molecule has 0 fully saturated rings. The number of aryl methyl sites for hydroxylation is 1. The Labute approximate surface area is 102 Å². The molecule has 2 N–H and O–H groups in total. The Kier molecular flexibility index (Phi) is 5.71. The third-order valence-electron chi connectivity index (χ3n) is 3.05. The van der Waals surface area contributed by atoms with E-state index in [-0.39, 0.29) is 0 Å². The molecule has 0 aliphatic carbocycles. The average Bonchev–Trinajstić information content (AvgIpc) is 2.70. The third-order valence-corrected chi connectivity index (χ3v) is 4.10. The minimum atomic E-state index is 0.294. The molecule has 0 saturated carbocycles. The van der Waals surface area contributed by atoms with Crippen molar-refractivity contribution in [3.8, 4) is 0 Å². The summed E-state index contributed by atoms with van der Waals surface area (Å²) >= 11 is 1.56. The van der Waals surface area contributed by atoms with Gasteiger partial charge in [0.25, 0.3) is 0 Å². The van der Waals surface area contributed by atoms with Gasteiger partial charge in [0.15, 0.2) is 5.78 Å². The van der Waals surface area contributed by atoms with Crippen molar-refractivity contribution in [1.82, 2.24) is 0 Å². The molecule has 3 heteroatoms. The van der Waals surface area contributed by atoms with Crippen LogP contribution in [0.15, 0.2) is 11.4 Å². The van der Waals surface area contributed by atoms with Gasteiger partial charge in [0, 0.05) is 6.42 Å². The first-order chi connectivity index (χ1) is 7.69. The number of rotatable bonds is 7. The Morgan fingerprint density at radius 2 is 2.25 bits per heavy atom. The summed E-state index contributed by atoms with van der Waals surface area (Å²) < 4.78 is 0. The van der Waals surface area contributed by atoms with E-state index in [1.165, 1.54) is 0 Å². The zero-order chi connectivity index (χ0) is 12.0. The molecule has 90 valence electrons. The van der Waals surface area contributed by atoms with Crippen molar-refractivity contribution >= 4 is 17.1 Å². The van der Waals surface area contributed by atoms with Crippen LogP contribution in [0.5, 0.6) is 0 Å². The van der Waals surface area contributed by atoms with Crippen LogP contribution in [0.3, 0.4) is 0 Å². The predicted octanol–water partition coefficient (Wildman–Crippen LogP) is 3.39. The molecule has 0 saturated heterocycles. The molecule has 1 rings (SSSR count). The van der Waals surface area contributed by atoms with Crippen molar-refractivity contribution in [3.05, 3.63) is 21.9 Å². The molecule has 1 aromatic rings. The normalized spacial score (nSPS) is 12.7. The molecule has 0 spiro atoms. The van der Waals surface area contributed by atoms with Gasteiger partial charge in [-0.1, -0.05) is 13.3 Å². The molecule has 1 aromatic heterocycles. The highest BCUT2D eigenvalue weighted by Crippen LogP contribution is 2.21. The van der Waals surface area contributed by atoms with E-state index in [2.05, 4.69) is 6.92 Å². The fourth-order valence-electron chi connectivity index (χ4n) is 1.90. The highest BCUT2D eigenvalue weighted by atomic mass is 32.1. The minimum absolute atomic E-state index is 0.294. The molecule has 1 unspecified atom stereocenters. The van der Waals surface area contributed by atoms with Gasteiger partial charge >= 0.3 is 0 Å². The van der Waals surface area contributed by atoms with Gasteiger partial charge in [-0.2, -0.15) is 0 Å². The van der Waals surface area contributed by atoms with Gasteiger partial charge in [-0.05, 0) is 49.2 Å². The second-order valence-electron chi connectivity index (χ2n) is 4.25. The number of carbonyl (C=O) groups is 1. The maximum Gasteiger partial charge on any atom is 0.173 e. The predicted molar refractivity (Wildman–Crippen MR) is 70.1 cm³/mol. The first-order valence-corrected chi connectivity index (χ1v) is 6.84. The van der Waals surface area contributed by atoms with Gasteiger partial charge in [-0.15, -0.1) is 11.3 Å². The van der Waals surface area contributed by atoms with E-state index in [9.17, 15) is 4.79 Å². The summed E-state index contributed by atoms with van der Waals surface area (Å²) in [6.45, 7) is 4.90. The molecule has 16 heavy (non-hydrogen) atoms. The molecule has 1 atom stereocenters. The lowest BCUT2D eigenvalue weighted by Crippen LogP contribution is -2.10. The minimum Gasteiger partial charge on any atom is -0.330 e. The van der Waals surface area contributed by atoms with E-state index in [0.29, 0.717) is 18.1 Å². The Balaban J connectivity index is 2.43. The number of hydrogen-bond acceptors (Lipinski definition) is 3. The smallest absolute Gasteiger partial charge is 0.173 e. The van der Waals surface area contributed by atoms with E-state index >= 15 is 0 Å². The zero-order valence-electron chi connectivity index (χ0n) is 10.2. The first kappa shape index (κ1) is 13.4. The van der Waals surface area contributed by atoms with Crippen molar-refractivity contribution in [2.45, 2.75) is 39.5 Å². The summed E-state index contributed by atoms with van der Waals surface area (Å²) in [5, 5.41) is 1.99. The summed E-state index contributed by atoms with van der Waals surface area (Å²) in [5.41, 5.74) is 6.66. The third kappa shape index (κ3) is 3.72. The summed E-state index contributed by atoms with van der Waals surface area (Å²) in [6, 6.07) is 2.01. The zero-order valence-corrected chi connectivity index (χ0v) is 11.0. The number of ketones is 1. The lowest BCUT2D eigenvalue weighted by Gasteiger charge is -2.12. The van der Waals surface area contributed by atoms with Crippen LogP contribution in [-0.2, 0) is 0 Å². The summed E-state index contributed by atoms with van der Waals surface area (Å²) in [4.78, 5) is 12.9. The fourth-order valence-corrected chi connectivity index (χ4v) is 2.79. The molecule has 1 heterocycles. The molecule has 0 aromatic carbocycles. The second-order valence-corrected chi connectivity index (χ2v) is 5.16. The van der Waals surface area contributed by atoms with Crippen LogP contribution >= 0.6 is 11.3 Å². The van der Waals surface area contributed by atoms with Crippen LogP contribution in [0.2, 0.25) is 0 Å². The molecule has 2 nitrogen and oxygen atoms in total. The van der Waals surface area contributed by atoms with Crippen LogP contribution in [0.25, 0.3) is 0 Å². The number of carbonyl (C=O) groups excluding carboxylic acids is 1. The maximum absolute atomic E-state index is 11.9.